The molecule has 43 heavy (non-hydrogen) atoms. The Balaban J connectivity index is 1.40. The highest BCUT2D eigenvalue weighted by molar-refractivity contribution is 5.92. The first kappa shape index (κ1) is 30.6. The minimum atomic E-state index is -4.46. The number of amides is 2. The first-order valence-electron chi connectivity index (χ1n) is 13.8. The van der Waals surface area contributed by atoms with Crippen LogP contribution in [-0.4, -0.2) is 48.5 Å². The molecule has 16 heteroatoms. The van der Waals surface area contributed by atoms with Gasteiger partial charge in [0.1, 0.15) is 17.7 Å². The summed E-state index contributed by atoms with van der Waals surface area (Å²) in [6.07, 6.45) is -4.68. The topological polar surface area (TPSA) is 114 Å². The van der Waals surface area contributed by atoms with E-state index in [9.17, 15) is 40.3 Å². The lowest BCUT2D eigenvalue weighted by molar-refractivity contribution is -0.144. The molecule has 2 atom stereocenters. The van der Waals surface area contributed by atoms with Crippen LogP contribution in [-0.2, 0) is 4.79 Å². The summed E-state index contributed by atoms with van der Waals surface area (Å²) >= 11 is 0. The fourth-order valence-corrected chi connectivity index (χ4v) is 5.29. The van der Waals surface area contributed by atoms with E-state index in [2.05, 4.69) is 30.7 Å². The summed E-state index contributed by atoms with van der Waals surface area (Å²) < 4.78 is 93.3. The van der Waals surface area contributed by atoms with Crippen molar-refractivity contribution in [2.24, 2.45) is 11.8 Å². The molecule has 2 fully saturated rings. The van der Waals surface area contributed by atoms with E-state index >= 15 is 0 Å². The minimum Gasteiger partial charge on any atom is -0.349 e. The minimum absolute atomic E-state index is 0.0236. The van der Waals surface area contributed by atoms with Crippen LogP contribution in [0.25, 0.3) is 5.65 Å². The number of rotatable bonds is 10. The molecular weight excluding hydrogens is 587 g/mol. The van der Waals surface area contributed by atoms with Crippen molar-refractivity contribution in [1.82, 2.24) is 35.2 Å². The van der Waals surface area contributed by atoms with E-state index < -0.39 is 79.7 Å². The summed E-state index contributed by atoms with van der Waals surface area (Å²) in [5.41, 5.74) is 0.146. The number of carbonyl (C=O) groups is 2. The highest BCUT2D eigenvalue weighted by Crippen LogP contribution is 2.43. The molecule has 0 radical (unpaired) electrons. The number of alkyl halides is 7. The number of nitrogens with one attached hydrogen (secondary N) is 2. The van der Waals surface area contributed by atoms with Crippen molar-refractivity contribution >= 4 is 17.5 Å². The molecule has 2 aliphatic rings. The van der Waals surface area contributed by atoms with Crippen molar-refractivity contribution in [2.75, 3.05) is 0 Å². The number of fused-ring (bicyclic) bond motifs is 1. The third-order valence-corrected chi connectivity index (χ3v) is 7.75. The number of aromatic nitrogens is 5. The molecular formula is C27H28F7N7O2. The number of nitrogens with zero attached hydrogens (tertiary/aromatic N) is 5. The first-order chi connectivity index (χ1) is 20.3. The Bertz CT molecular complexity index is 1470. The summed E-state index contributed by atoms with van der Waals surface area (Å²) in [6.45, 7) is 0. The zero-order valence-electron chi connectivity index (χ0n) is 22.6. The van der Waals surface area contributed by atoms with Crippen molar-refractivity contribution < 1.29 is 40.3 Å². The van der Waals surface area contributed by atoms with Gasteiger partial charge in [-0.2, -0.15) is 18.3 Å². The maximum Gasteiger partial charge on any atom is 0.389 e. The fraction of sp³-hybridized carbons (Fsp3) is 0.556. The molecule has 2 amide bonds. The van der Waals surface area contributed by atoms with Gasteiger partial charge in [-0.05, 0) is 55.2 Å². The smallest absolute Gasteiger partial charge is 0.349 e. The molecule has 9 nitrogen and oxygen atoms in total. The number of halogens is 7. The summed E-state index contributed by atoms with van der Waals surface area (Å²) in [5.74, 6) is -4.84. The van der Waals surface area contributed by atoms with E-state index in [4.69, 9.17) is 0 Å². The molecule has 1 unspecified atom stereocenters. The van der Waals surface area contributed by atoms with Crippen LogP contribution < -0.4 is 10.6 Å². The van der Waals surface area contributed by atoms with Crippen molar-refractivity contribution in [3.63, 3.8) is 0 Å². The van der Waals surface area contributed by atoms with Gasteiger partial charge < -0.3 is 10.6 Å². The molecule has 0 aromatic carbocycles. The van der Waals surface area contributed by atoms with E-state index in [1.807, 2.05) is 0 Å². The van der Waals surface area contributed by atoms with Crippen LogP contribution in [0.15, 0.2) is 30.9 Å². The molecule has 0 spiro atoms. The molecule has 232 valence electrons. The molecule has 5 rings (SSSR count). The van der Waals surface area contributed by atoms with Gasteiger partial charge in [0, 0.05) is 19.3 Å². The summed E-state index contributed by atoms with van der Waals surface area (Å²) in [5, 5.41) is 9.72. The number of hydrogen-bond donors (Lipinski definition) is 2. The van der Waals surface area contributed by atoms with Crippen molar-refractivity contribution in [1.29, 1.82) is 0 Å². The average molecular weight is 616 g/mol. The van der Waals surface area contributed by atoms with Crippen LogP contribution in [0.2, 0.25) is 0 Å². The predicted octanol–water partition coefficient (Wildman–Crippen LogP) is 5.66. The predicted molar refractivity (Wildman–Crippen MR) is 136 cm³/mol. The molecule has 3 aromatic rings. The second kappa shape index (κ2) is 12.0. The SMILES string of the molecule is O=C(CCC(F)(F)F)NC(c1cnn2cc([C@@H](NC(=O)c3cc(C(F)F)ncn3)C3CCC(F)(F)CC3)nc2c1)C1CC1. The lowest BCUT2D eigenvalue weighted by atomic mass is 9.81. The van der Waals surface area contributed by atoms with E-state index in [1.54, 1.807) is 6.07 Å². The number of hydrogen-bond acceptors (Lipinski definition) is 6. The maximum atomic E-state index is 14.0. The van der Waals surface area contributed by atoms with Gasteiger partial charge in [-0.3, -0.25) is 9.59 Å². The van der Waals surface area contributed by atoms with Crippen LogP contribution in [0.5, 0.6) is 0 Å². The zero-order valence-corrected chi connectivity index (χ0v) is 22.6. The van der Waals surface area contributed by atoms with E-state index in [-0.39, 0.29) is 30.1 Å². The monoisotopic (exact) mass is 615 g/mol. The van der Waals surface area contributed by atoms with Crippen LogP contribution >= 0.6 is 0 Å². The Morgan fingerprint density at radius 1 is 0.977 bits per heavy atom. The van der Waals surface area contributed by atoms with Gasteiger partial charge in [0.05, 0.1) is 36.6 Å². The van der Waals surface area contributed by atoms with Crippen molar-refractivity contribution in [3.05, 3.63) is 53.5 Å². The first-order valence-corrected chi connectivity index (χ1v) is 13.8. The number of imidazole rings is 1. The zero-order chi connectivity index (χ0) is 30.9. The Kier molecular flexibility index (Phi) is 8.56. The molecule has 0 saturated heterocycles. The quantitative estimate of drug-likeness (QED) is 0.285. The Hall–Kier alpha value is -3.85. The standard InChI is InChI=1S/C27H28F7N7O2/c28-24(29)17-10-18(36-13-35-17)25(43)40-23(15-3-6-26(30,31)7-4-15)19-12-41-20(38-19)9-16(11-37-41)22(14-1-2-14)39-21(42)5-8-27(32,33)34/h9-15,22-24H,1-8H2,(H,39,42)(H,40,43)/t22?,23-/m0/s1. The van der Waals surface area contributed by atoms with Gasteiger partial charge in [0.25, 0.3) is 12.3 Å². The van der Waals surface area contributed by atoms with Crippen molar-refractivity contribution in [3.8, 4) is 0 Å². The van der Waals surface area contributed by atoms with Gasteiger partial charge in [-0.15, -0.1) is 0 Å². The Labute approximate surface area is 240 Å². The van der Waals surface area contributed by atoms with Gasteiger partial charge in [0.2, 0.25) is 11.8 Å². The molecule has 2 saturated carbocycles. The largest absolute Gasteiger partial charge is 0.389 e. The third-order valence-electron chi connectivity index (χ3n) is 7.75. The third kappa shape index (κ3) is 7.76. The second-order valence-corrected chi connectivity index (χ2v) is 11.0. The van der Waals surface area contributed by atoms with Crippen molar-refractivity contribution in [2.45, 2.75) is 82.0 Å². The lowest BCUT2D eigenvalue weighted by Crippen LogP contribution is -2.37. The van der Waals surface area contributed by atoms with Crippen LogP contribution in [0.3, 0.4) is 0 Å². The normalized spacial score (nSPS) is 18.9. The molecule has 0 bridgehead atoms. The van der Waals surface area contributed by atoms with Gasteiger partial charge in [0.15, 0.2) is 5.65 Å². The number of carbonyl (C=O) groups excluding carboxylic acids is 2. The average Bonchev–Trinajstić information content (AvgIpc) is 3.71. The molecule has 2 aliphatic carbocycles. The summed E-state index contributed by atoms with van der Waals surface area (Å²) in [4.78, 5) is 37.1. The van der Waals surface area contributed by atoms with Gasteiger partial charge in [-0.25, -0.2) is 37.0 Å². The van der Waals surface area contributed by atoms with Gasteiger partial charge in [-0.1, -0.05) is 0 Å². The van der Waals surface area contributed by atoms with Crippen LogP contribution in [0, 0.1) is 11.8 Å². The van der Waals surface area contributed by atoms with E-state index in [0.717, 1.165) is 25.2 Å². The maximum absolute atomic E-state index is 14.0. The lowest BCUT2D eigenvalue weighted by Gasteiger charge is -2.33. The van der Waals surface area contributed by atoms with Crippen LogP contribution in [0.4, 0.5) is 30.7 Å². The van der Waals surface area contributed by atoms with E-state index in [1.165, 1.54) is 16.9 Å². The molecule has 3 aromatic heterocycles. The Morgan fingerprint density at radius 2 is 1.67 bits per heavy atom. The second-order valence-electron chi connectivity index (χ2n) is 11.0. The van der Waals surface area contributed by atoms with Crippen LogP contribution in [0.1, 0.15) is 97.3 Å². The fourth-order valence-electron chi connectivity index (χ4n) is 5.29. The van der Waals surface area contributed by atoms with E-state index in [0.29, 0.717) is 11.2 Å². The summed E-state index contributed by atoms with van der Waals surface area (Å²) in [6, 6.07) is 1.01. The van der Waals surface area contributed by atoms with Gasteiger partial charge >= 0.3 is 6.18 Å². The summed E-state index contributed by atoms with van der Waals surface area (Å²) in [7, 11) is 0. The molecule has 2 N–H and O–H groups in total. The molecule has 3 heterocycles. The highest BCUT2D eigenvalue weighted by atomic mass is 19.4. The Morgan fingerprint density at radius 3 is 2.33 bits per heavy atom. The molecule has 0 aliphatic heterocycles. The highest BCUT2D eigenvalue weighted by Gasteiger charge is 2.40.